The lowest BCUT2D eigenvalue weighted by atomic mass is 10.1. The summed E-state index contributed by atoms with van der Waals surface area (Å²) < 4.78 is 10.5. The number of nitrogens with one attached hydrogen (secondary N) is 2. The van der Waals surface area contributed by atoms with E-state index in [-0.39, 0.29) is 5.91 Å². The number of amides is 3. The minimum Gasteiger partial charge on any atom is -0.495 e. The molecule has 28 heavy (non-hydrogen) atoms. The molecule has 2 N–H and O–H groups in total. The van der Waals surface area contributed by atoms with Crippen molar-refractivity contribution < 1.29 is 18.7 Å². The van der Waals surface area contributed by atoms with Crippen molar-refractivity contribution in [3.63, 3.8) is 0 Å². The number of hydrogen-bond donors (Lipinski definition) is 2. The normalized spacial score (nSPS) is 12.4. The van der Waals surface area contributed by atoms with Crippen molar-refractivity contribution in [1.82, 2.24) is 0 Å². The van der Waals surface area contributed by atoms with Crippen LogP contribution in [-0.2, 0) is 6.42 Å². The average molecular weight is 377 g/mol. The van der Waals surface area contributed by atoms with E-state index in [0.29, 0.717) is 29.4 Å². The zero-order chi connectivity index (χ0) is 19.5. The third-order valence-corrected chi connectivity index (χ3v) is 4.57. The van der Waals surface area contributed by atoms with Crippen molar-refractivity contribution in [3.8, 4) is 5.75 Å². The number of urea groups is 1. The maximum atomic E-state index is 12.6. The van der Waals surface area contributed by atoms with Gasteiger partial charge in [0.1, 0.15) is 5.75 Å². The van der Waals surface area contributed by atoms with Crippen LogP contribution >= 0.6 is 0 Å². The van der Waals surface area contributed by atoms with Gasteiger partial charge in [-0.25, -0.2) is 4.79 Å². The monoisotopic (exact) mass is 377 g/mol. The van der Waals surface area contributed by atoms with E-state index in [4.69, 9.17) is 9.15 Å². The first-order chi connectivity index (χ1) is 13.7. The summed E-state index contributed by atoms with van der Waals surface area (Å²) in [7, 11) is 1.55. The second-order valence-corrected chi connectivity index (χ2v) is 6.31. The van der Waals surface area contributed by atoms with Gasteiger partial charge in [0.15, 0.2) is 5.76 Å². The summed E-state index contributed by atoms with van der Waals surface area (Å²) in [4.78, 5) is 26.7. The van der Waals surface area contributed by atoms with Gasteiger partial charge in [-0.15, -0.1) is 0 Å². The van der Waals surface area contributed by atoms with Crippen molar-refractivity contribution >= 4 is 29.0 Å². The summed E-state index contributed by atoms with van der Waals surface area (Å²) in [6.45, 7) is 0.575. The number of para-hydroxylation sites is 2. The molecule has 0 fully saturated rings. The number of ether oxygens (including phenoxy) is 1. The number of furan rings is 1. The second-order valence-electron chi connectivity index (χ2n) is 6.31. The van der Waals surface area contributed by atoms with Gasteiger partial charge in [0.2, 0.25) is 0 Å². The van der Waals surface area contributed by atoms with E-state index >= 15 is 0 Å². The minimum atomic E-state index is -0.397. The van der Waals surface area contributed by atoms with Crippen molar-refractivity contribution in [3.05, 3.63) is 72.2 Å². The number of methoxy groups -OCH3 is 1. The number of rotatable bonds is 4. The Labute approximate surface area is 161 Å². The van der Waals surface area contributed by atoms with Gasteiger partial charge in [-0.2, -0.15) is 0 Å². The van der Waals surface area contributed by atoms with Gasteiger partial charge in [0.05, 0.1) is 19.1 Å². The van der Waals surface area contributed by atoms with E-state index in [2.05, 4.69) is 10.6 Å². The van der Waals surface area contributed by atoms with Crippen LogP contribution < -0.4 is 20.3 Å². The van der Waals surface area contributed by atoms with E-state index < -0.39 is 6.03 Å². The number of fused-ring (bicyclic) bond motifs is 1. The van der Waals surface area contributed by atoms with Crippen LogP contribution in [0.15, 0.2) is 65.3 Å². The number of carbonyl (C=O) groups is 2. The Morgan fingerprint density at radius 2 is 1.93 bits per heavy atom. The molecule has 1 aromatic heterocycles. The molecule has 0 aliphatic carbocycles. The fraction of sp³-hybridized carbons (Fsp3) is 0.143. The van der Waals surface area contributed by atoms with Gasteiger partial charge in [0.25, 0.3) is 5.91 Å². The average Bonchev–Trinajstić information content (AvgIpc) is 3.38. The standard InChI is InChI=1S/C21H19N3O4/c1-27-18-6-3-2-5-16(18)23-21(26)22-15-9-8-14-10-11-24(17(14)13-15)20(25)19-7-4-12-28-19/h2-9,12-13H,10-11H2,1H3,(H2,22,23,26). The maximum Gasteiger partial charge on any atom is 0.323 e. The quantitative estimate of drug-likeness (QED) is 0.716. The number of nitrogens with zero attached hydrogens (tertiary/aromatic N) is 1. The lowest BCUT2D eigenvalue weighted by Crippen LogP contribution is -2.28. The molecule has 0 unspecified atom stereocenters. The van der Waals surface area contributed by atoms with Gasteiger partial charge in [-0.1, -0.05) is 18.2 Å². The smallest absolute Gasteiger partial charge is 0.323 e. The fourth-order valence-corrected chi connectivity index (χ4v) is 3.23. The molecule has 0 radical (unpaired) electrons. The van der Waals surface area contributed by atoms with Crippen LogP contribution in [0.25, 0.3) is 0 Å². The molecular weight excluding hydrogens is 358 g/mol. The molecule has 4 rings (SSSR count). The Kier molecular flexibility index (Phi) is 4.72. The summed E-state index contributed by atoms with van der Waals surface area (Å²) in [5.74, 6) is 0.668. The molecule has 0 saturated carbocycles. The Morgan fingerprint density at radius 1 is 1.07 bits per heavy atom. The molecule has 7 heteroatoms. The highest BCUT2D eigenvalue weighted by Gasteiger charge is 2.27. The van der Waals surface area contributed by atoms with E-state index in [9.17, 15) is 9.59 Å². The van der Waals surface area contributed by atoms with Crippen LogP contribution in [0.1, 0.15) is 16.1 Å². The van der Waals surface area contributed by atoms with E-state index in [0.717, 1.165) is 17.7 Å². The number of benzene rings is 2. The molecule has 0 saturated heterocycles. The first-order valence-corrected chi connectivity index (χ1v) is 8.85. The molecule has 0 bridgehead atoms. The molecule has 3 amide bonds. The summed E-state index contributed by atoms with van der Waals surface area (Å²) in [5.41, 5.74) is 2.98. The van der Waals surface area contributed by atoms with Crippen molar-refractivity contribution in [2.24, 2.45) is 0 Å². The summed E-state index contributed by atoms with van der Waals surface area (Å²) in [6, 6.07) is 15.6. The summed E-state index contributed by atoms with van der Waals surface area (Å²) in [5, 5.41) is 5.56. The van der Waals surface area contributed by atoms with Gasteiger partial charge < -0.3 is 24.7 Å². The fourth-order valence-electron chi connectivity index (χ4n) is 3.23. The third kappa shape index (κ3) is 3.42. The molecule has 1 aliphatic rings. The van der Waals surface area contributed by atoms with Gasteiger partial charge in [-0.05, 0) is 48.4 Å². The number of carbonyl (C=O) groups excluding carboxylic acids is 2. The van der Waals surface area contributed by atoms with Gasteiger partial charge in [0, 0.05) is 17.9 Å². The molecule has 2 heterocycles. The van der Waals surface area contributed by atoms with Crippen LogP contribution in [-0.4, -0.2) is 25.6 Å². The lowest BCUT2D eigenvalue weighted by molar-refractivity contribution is 0.0963. The first-order valence-electron chi connectivity index (χ1n) is 8.85. The molecule has 1 aliphatic heterocycles. The molecule has 7 nitrogen and oxygen atoms in total. The van der Waals surface area contributed by atoms with E-state index in [1.807, 2.05) is 24.3 Å². The molecule has 142 valence electrons. The number of anilines is 3. The second kappa shape index (κ2) is 7.48. The molecule has 3 aromatic rings. The highest BCUT2D eigenvalue weighted by Crippen LogP contribution is 2.32. The highest BCUT2D eigenvalue weighted by molar-refractivity contribution is 6.06. The summed E-state index contributed by atoms with van der Waals surface area (Å²) >= 11 is 0. The van der Waals surface area contributed by atoms with Crippen molar-refractivity contribution in [2.45, 2.75) is 6.42 Å². The van der Waals surface area contributed by atoms with Gasteiger partial charge in [-0.3, -0.25) is 4.79 Å². The predicted molar refractivity (Wildman–Crippen MR) is 106 cm³/mol. The summed E-state index contributed by atoms with van der Waals surface area (Å²) in [6.07, 6.45) is 2.24. The molecule has 2 aromatic carbocycles. The maximum absolute atomic E-state index is 12.6. The predicted octanol–water partition coefficient (Wildman–Crippen LogP) is 4.14. The minimum absolute atomic E-state index is 0.195. The van der Waals surface area contributed by atoms with E-state index in [1.165, 1.54) is 6.26 Å². The highest BCUT2D eigenvalue weighted by atomic mass is 16.5. The molecule has 0 spiro atoms. The topological polar surface area (TPSA) is 83.8 Å². The van der Waals surface area contributed by atoms with Gasteiger partial charge >= 0.3 is 6.03 Å². The Hall–Kier alpha value is -3.74. The van der Waals surface area contributed by atoms with Crippen LogP contribution in [0.3, 0.4) is 0 Å². The van der Waals surface area contributed by atoms with Crippen molar-refractivity contribution in [1.29, 1.82) is 0 Å². The number of hydrogen-bond acceptors (Lipinski definition) is 4. The van der Waals surface area contributed by atoms with E-state index in [1.54, 1.807) is 42.3 Å². The Balaban J connectivity index is 1.50. The molecule has 0 atom stereocenters. The zero-order valence-corrected chi connectivity index (χ0v) is 15.3. The third-order valence-electron chi connectivity index (χ3n) is 4.57. The van der Waals surface area contributed by atoms with Crippen LogP contribution in [0.5, 0.6) is 5.75 Å². The Bertz CT molecular complexity index is 1010. The lowest BCUT2D eigenvalue weighted by Gasteiger charge is -2.17. The van der Waals surface area contributed by atoms with Crippen LogP contribution in [0, 0.1) is 0 Å². The zero-order valence-electron chi connectivity index (χ0n) is 15.3. The SMILES string of the molecule is COc1ccccc1NC(=O)Nc1ccc2c(c1)N(C(=O)c1ccco1)CC2. The van der Waals surface area contributed by atoms with Crippen LogP contribution in [0.4, 0.5) is 21.9 Å². The largest absolute Gasteiger partial charge is 0.495 e. The Morgan fingerprint density at radius 3 is 2.71 bits per heavy atom. The first kappa shape index (κ1) is 17.7. The van der Waals surface area contributed by atoms with Crippen molar-refractivity contribution in [2.75, 3.05) is 29.2 Å². The molecular formula is C21H19N3O4. The van der Waals surface area contributed by atoms with Crippen LogP contribution in [0.2, 0.25) is 0 Å².